The Hall–Kier alpha value is -5.48. The van der Waals surface area contributed by atoms with Crippen molar-refractivity contribution in [2.45, 2.75) is 50.6 Å². The Bertz CT molecular complexity index is 2150. The molecule has 0 bridgehead atoms. The fourth-order valence-corrected chi connectivity index (χ4v) is 5.78. The molecule has 0 saturated heterocycles. The van der Waals surface area contributed by atoms with Gasteiger partial charge in [-0.25, -0.2) is 0 Å². The molecule has 49 heavy (non-hydrogen) atoms. The summed E-state index contributed by atoms with van der Waals surface area (Å²) in [5.74, 6) is 0. The Morgan fingerprint density at radius 2 is 1.73 bits per heavy atom. The maximum absolute atomic E-state index is 14.1. The molecule has 254 valence electrons. The second-order valence-electron chi connectivity index (χ2n) is 12.8. The molecule has 1 aliphatic heterocycles. The molecule has 0 spiro atoms. The minimum Gasteiger partial charge on any atom is -0.382 e. The van der Waals surface area contributed by atoms with Gasteiger partial charge in [0.05, 0.1) is 39.5 Å². The first-order valence-corrected chi connectivity index (χ1v) is 15.0. The molecule has 2 aromatic carbocycles. The number of hydrazine groups is 2. The SMILES string of the molecule is Cn1ccc2c([C@H](Nc3cc(C#N)c4ncc(C#N)c(NCC(C)(C)C(F)(F)F)c4c3)C3=CN(C4(C(F)(F)F)CC4)NN3)cccc2c1=O. The Labute approximate surface area is 275 Å². The topological polar surface area (TPSA) is 134 Å². The van der Waals surface area contributed by atoms with E-state index in [-0.39, 0.29) is 57.5 Å². The van der Waals surface area contributed by atoms with Crippen LogP contribution < -0.4 is 27.2 Å². The lowest BCUT2D eigenvalue weighted by Gasteiger charge is -2.29. The summed E-state index contributed by atoms with van der Waals surface area (Å²) in [6.45, 7) is 1.42. The third kappa shape index (κ3) is 5.72. The third-order valence-corrected chi connectivity index (χ3v) is 9.08. The first-order valence-electron chi connectivity index (χ1n) is 15.0. The second-order valence-corrected chi connectivity index (χ2v) is 12.8. The molecule has 1 fully saturated rings. The first kappa shape index (κ1) is 33.4. The van der Waals surface area contributed by atoms with E-state index in [1.807, 2.05) is 12.1 Å². The van der Waals surface area contributed by atoms with Crippen molar-refractivity contribution in [3.05, 3.63) is 87.7 Å². The highest BCUT2D eigenvalue weighted by molar-refractivity contribution is 5.99. The fraction of sp³-hybridized carbons (Fsp3) is 0.333. The minimum atomic E-state index is -4.57. The number of alkyl halides is 6. The molecule has 16 heteroatoms. The van der Waals surface area contributed by atoms with E-state index in [4.69, 9.17) is 0 Å². The highest BCUT2D eigenvalue weighted by Gasteiger charge is 2.67. The number of aryl methyl sites for hydroxylation is 1. The molecule has 0 radical (unpaired) electrons. The Balaban J connectivity index is 1.50. The first-order chi connectivity index (χ1) is 23.0. The molecular weight excluding hydrogens is 652 g/mol. The van der Waals surface area contributed by atoms with Crippen LogP contribution in [0.4, 0.5) is 37.7 Å². The molecule has 10 nitrogen and oxygen atoms in total. The monoisotopic (exact) mass is 681 g/mol. The van der Waals surface area contributed by atoms with Crippen LogP contribution in [0.2, 0.25) is 0 Å². The fourth-order valence-electron chi connectivity index (χ4n) is 5.78. The molecule has 1 saturated carbocycles. The van der Waals surface area contributed by atoms with Gasteiger partial charge in [-0.15, -0.1) is 5.53 Å². The van der Waals surface area contributed by atoms with Crippen LogP contribution >= 0.6 is 0 Å². The van der Waals surface area contributed by atoms with Gasteiger partial charge in [0.1, 0.15) is 12.1 Å². The van der Waals surface area contributed by atoms with E-state index in [0.717, 1.165) is 18.9 Å². The number of halogens is 6. The van der Waals surface area contributed by atoms with Gasteiger partial charge in [0.2, 0.25) is 0 Å². The van der Waals surface area contributed by atoms with Crippen LogP contribution in [0.3, 0.4) is 0 Å². The summed E-state index contributed by atoms with van der Waals surface area (Å²) in [5, 5.41) is 27.9. The zero-order chi connectivity index (χ0) is 35.5. The molecule has 3 heterocycles. The number of hydrogen-bond donors (Lipinski definition) is 4. The number of anilines is 2. The van der Waals surface area contributed by atoms with Crippen LogP contribution in [0.15, 0.2) is 65.5 Å². The number of benzene rings is 2. The number of nitriles is 2. The number of fused-ring (bicyclic) bond motifs is 2. The number of pyridine rings is 2. The summed E-state index contributed by atoms with van der Waals surface area (Å²) < 4.78 is 84.7. The lowest BCUT2D eigenvalue weighted by Crippen LogP contribution is -2.52. The number of hydrogen-bond acceptors (Lipinski definition) is 9. The van der Waals surface area contributed by atoms with Gasteiger partial charge in [-0.05, 0) is 61.9 Å². The predicted octanol–water partition coefficient (Wildman–Crippen LogP) is 6.24. The maximum Gasteiger partial charge on any atom is 0.413 e. The Morgan fingerprint density at radius 3 is 2.37 bits per heavy atom. The lowest BCUT2D eigenvalue weighted by molar-refractivity contribution is -0.206. The van der Waals surface area contributed by atoms with Gasteiger partial charge in [-0.1, -0.05) is 12.1 Å². The smallest absolute Gasteiger partial charge is 0.382 e. The van der Waals surface area contributed by atoms with E-state index >= 15 is 0 Å². The van der Waals surface area contributed by atoms with Gasteiger partial charge in [-0.3, -0.25) is 14.8 Å². The van der Waals surface area contributed by atoms with Crippen molar-refractivity contribution in [3.8, 4) is 12.1 Å². The van der Waals surface area contributed by atoms with Crippen LogP contribution in [0.1, 0.15) is 49.4 Å². The molecule has 4 N–H and O–H groups in total. The van der Waals surface area contributed by atoms with Gasteiger partial charge < -0.3 is 20.6 Å². The molecule has 2 aliphatic rings. The van der Waals surface area contributed by atoms with Gasteiger partial charge in [-0.2, -0.15) is 36.9 Å². The van der Waals surface area contributed by atoms with E-state index in [1.165, 1.54) is 29.1 Å². The molecule has 4 aromatic rings. The van der Waals surface area contributed by atoms with Crippen molar-refractivity contribution in [1.29, 1.82) is 10.5 Å². The van der Waals surface area contributed by atoms with E-state index in [1.54, 1.807) is 37.5 Å². The van der Waals surface area contributed by atoms with Crippen LogP contribution in [-0.2, 0) is 7.05 Å². The van der Waals surface area contributed by atoms with Crippen molar-refractivity contribution in [3.63, 3.8) is 0 Å². The number of rotatable bonds is 8. The minimum absolute atomic E-state index is 0.0234. The standard InChI is InChI=1S/C33H29F6N9O/c1-30(2,32(34,35)36)17-43-27-19(14-41)15-42-26-18(13-40)11-20(12-24(26)27)44-28(22-5-4-6-23-21(22)7-10-47(3)29(23)49)25-16-48(46-45-25)31(8-9-31)33(37,38)39/h4-7,10-12,15-16,28,44-46H,8-9,17H2,1-3H3,(H,42,43)/t28-/m0/s1. The normalized spacial score (nSPS) is 16.5. The average molecular weight is 682 g/mol. The predicted molar refractivity (Wildman–Crippen MR) is 169 cm³/mol. The molecule has 0 unspecified atom stereocenters. The maximum atomic E-state index is 14.1. The second kappa shape index (κ2) is 11.6. The van der Waals surface area contributed by atoms with Crippen LogP contribution in [0, 0.1) is 28.1 Å². The highest BCUT2D eigenvalue weighted by Crippen LogP contribution is 2.54. The molecular formula is C33H29F6N9O. The van der Waals surface area contributed by atoms with Gasteiger partial charge in [0, 0.05) is 48.6 Å². The summed E-state index contributed by atoms with van der Waals surface area (Å²) in [7, 11) is 1.59. The third-order valence-electron chi connectivity index (χ3n) is 9.08. The number of nitrogens with one attached hydrogen (secondary N) is 4. The van der Waals surface area contributed by atoms with Crippen molar-refractivity contribution in [2.75, 3.05) is 17.2 Å². The molecule has 1 atom stereocenters. The Kier molecular flexibility index (Phi) is 7.91. The summed E-state index contributed by atoms with van der Waals surface area (Å²) >= 11 is 0. The summed E-state index contributed by atoms with van der Waals surface area (Å²) in [5.41, 5.74) is 1.94. The molecule has 2 aromatic heterocycles. The van der Waals surface area contributed by atoms with Gasteiger partial charge in [0.15, 0.2) is 5.54 Å². The summed E-state index contributed by atoms with van der Waals surface area (Å²) in [4.78, 5) is 17.3. The van der Waals surface area contributed by atoms with E-state index in [2.05, 4.69) is 26.6 Å². The molecule has 0 amide bonds. The Morgan fingerprint density at radius 1 is 1.02 bits per heavy atom. The van der Waals surface area contributed by atoms with E-state index in [0.29, 0.717) is 16.3 Å². The van der Waals surface area contributed by atoms with Gasteiger partial charge >= 0.3 is 12.4 Å². The van der Waals surface area contributed by atoms with Crippen LogP contribution in [-0.4, -0.2) is 39.0 Å². The zero-order valence-electron chi connectivity index (χ0n) is 26.3. The zero-order valence-corrected chi connectivity index (χ0v) is 26.3. The number of nitrogens with zero attached hydrogens (tertiary/aromatic N) is 5. The lowest BCUT2D eigenvalue weighted by atomic mass is 9.92. The largest absolute Gasteiger partial charge is 0.413 e. The highest BCUT2D eigenvalue weighted by atomic mass is 19.4. The van der Waals surface area contributed by atoms with Crippen molar-refractivity contribution in [2.24, 2.45) is 12.5 Å². The van der Waals surface area contributed by atoms with Gasteiger partial charge in [0.25, 0.3) is 5.56 Å². The average Bonchev–Trinajstić information content (AvgIpc) is 3.74. The van der Waals surface area contributed by atoms with Crippen molar-refractivity contribution >= 4 is 33.1 Å². The summed E-state index contributed by atoms with van der Waals surface area (Å²) in [6, 6.07) is 12.6. The summed E-state index contributed by atoms with van der Waals surface area (Å²) in [6.07, 6.45) is -5.31. The molecule has 1 aliphatic carbocycles. The quantitative estimate of drug-likeness (QED) is 0.159. The van der Waals surface area contributed by atoms with Crippen LogP contribution in [0.5, 0.6) is 0 Å². The van der Waals surface area contributed by atoms with Crippen molar-refractivity contribution < 1.29 is 26.3 Å². The molecule has 6 rings (SSSR count). The van der Waals surface area contributed by atoms with E-state index < -0.39 is 35.9 Å². The number of aromatic nitrogens is 2. The van der Waals surface area contributed by atoms with Crippen LogP contribution in [0.25, 0.3) is 21.7 Å². The van der Waals surface area contributed by atoms with Crippen molar-refractivity contribution in [1.82, 2.24) is 25.5 Å². The van der Waals surface area contributed by atoms with E-state index in [9.17, 15) is 41.7 Å².